The molecule has 0 N–H and O–H groups in total. The summed E-state index contributed by atoms with van der Waals surface area (Å²) in [5, 5.41) is 4.17. The molecule has 0 aliphatic carbocycles. The van der Waals surface area contributed by atoms with E-state index in [1.165, 1.54) is 19.2 Å². The van der Waals surface area contributed by atoms with Crippen LogP contribution in [0.25, 0.3) is 11.3 Å². The zero-order valence-corrected chi connectivity index (χ0v) is 13.5. The molecule has 124 valence electrons. The van der Waals surface area contributed by atoms with E-state index in [2.05, 4.69) is 10.1 Å². The largest absolute Gasteiger partial charge is 0.494 e. The van der Waals surface area contributed by atoms with Crippen molar-refractivity contribution < 1.29 is 13.5 Å². The van der Waals surface area contributed by atoms with Crippen molar-refractivity contribution in [2.75, 3.05) is 7.11 Å². The van der Waals surface area contributed by atoms with Gasteiger partial charge in [-0.3, -0.25) is 9.67 Å². The summed E-state index contributed by atoms with van der Waals surface area (Å²) < 4.78 is 33.2. The Morgan fingerprint density at radius 3 is 2.79 bits per heavy atom. The van der Waals surface area contributed by atoms with Gasteiger partial charge in [-0.1, -0.05) is 17.7 Å². The summed E-state index contributed by atoms with van der Waals surface area (Å²) >= 11 is 5.82. The molecule has 3 rings (SSSR count). The van der Waals surface area contributed by atoms with Gasteiger partial charge in [-0.2, -0.15) is 5.10 Å². The van der Waals surface area contributed by atoms with Gasteiger partial charge < -0.3 is 4.74 Å². The van der Waals surface area contributed by atoms with Gasteiger partial charge in [-0.05, 0) is 29.8 Å². The Morgan fingerprint density at radius 1 is 1.29 bits per heavy atom. The molecule has 2 aromatic heterocycles. The fourth-order valence-corrected chi connectivity index (χ4v) is 2.58. The van der Waals surface area contributed by atoms with Gasteiger partial charge in [-0.25, -0.2) is 8.78 Å². The van der Waals surface area contributed by atoms with Crippen LogP contribution in [0.2, 0.25) is 5.02 Å². The Labute approximate surface area is 142 Å². The lowest BCUT2D eigenvalue weighted by molar-refractivity contribution is 0.151. The van der Waals surface area contributed by atoms with Crippen LogP contribution in [-0.4, -0.2) is 21.9 Å². The molecule has 0 aliphatic heterocycles. The number of benzene rings is 1. The third kappa shape index (κ3) is 3.38. The molecule has 4 nitrogen and oxygen atoms in total. The molecule has 0 saturated heterocycles. The van der Waals surface area contributed by atoms with Crippen molar-refractivity contribution in [3.63, 3.8) is 0 Å². The maximum atomic E-state index is 13.0. The molecule has 3 aromatic rings. The second-order valence-electron chi connectivity index (χ2n) is 5.14. The van der Waals surface area contributed by atoms with Crippen LogP contribution in [0.1, 0.15) is 17.6 Å². The fourth-order valence-electron chi connectivity index (χ4n) is 2.38. The normalized spacial score (nSPS) is 11.0. The number of hydrogen-bond donors (Lipinski definition) is 0. The summed E-state index contributed by atoms with van der Waals surface area (Å²) in [6.45, 7) is 0.541. The zero-order valence-electron chi connectivity index (χ0n) is 12.8. The fraction of sp³-hybridized carbons (Fsp3) is 0.176. The number of rotatable bonds is 5. The van der Waals surface area contributed by atoms with Gasteiger partial charge in [0.2, 0.25) is 0 Å². The number of pyridine rings is 1. The van der Waals surface area contributed by atoms with Crippen molar-refractivity contribution in [1.82, 2.24) is 14.8 Å². The molecule has 0 atom stereocenters. The minimum absolute atomic E-state index is 0.0306. The number of halogens is 3. The highest BCUT2D eigenvalue weighted by Gasteiger charge is 2.16. The highest BCUT2D eigenvalue weighted by Crippen LogP contribution is 2.34. The summed E-state index contributed by atoms with van der Waals surface area (Å²) in [6, 6.07) is 8.08. The summed E-state index contributed by atoms with van der Waals surface area (Å²) in [7, 11) is 1.52. The molecule has 0 bridgehead atoms. The lowest BCUT2D eigenvalue weighted by atomic mass is 10.1. The van der Waals surface area contributed by atoms with E-state index in [0.717, 1.165) is 5.56 Å². The second-order valence-corrected chi connectivity index (χ2v) is 5.54. The molecule has 0 aliphatic rings. The predicted molar refractivity (Wildman–Crippen MR) is 87.5 cm³/mol. The first kappa shape index (κ1) is 16.4. The minimum Gasteiger partial charge on any atom is -0.494 e. The van der Waals surface area contributed by atoms with Gasteiger partial charge in [-0.15, -0.1) is 0 Å². The molecule has 1 aromatic carbocycles. The number of alkyl halides is 2. The first-order valence-corrected chi connectivity index (χ1v) is 7.54. The van der Waals surface area contributed by atoms with Crippen LogP contribution < -0.4 is 4.74 Å². The molecule has 0 unspecified atom stereocenters. The van der Waals surface area contributed by atoms with Gasteiger partial charge in [0.1, 0.15) is 11.4 Å². The van der Waals surface area contributed by atoms with Crippen molar-refractivity contribution in [2.45, 2.75) is 13.0 Å². The third-order valence-electron chi connectivity index (χ3n) is 3.54. The number of hydrogen-bond acceptors (Lipinski definition) is 3. The van der Waals surface area contributed by atoms with Crippen LogP contribution >= 0.6 is 11.6 Å². The number of methoxy groups -OCH3 is 1. The van der Waals surface area contributed by atoms with Gasteiger partial charge in [0.05, 0.1) is 13.7 Å². The van der Waals surface area contributed by atoms with E-state index in [0.29, 0.717) is 23.6 Å². The monoisotopic (exact) mass is 349 g/mol. The molecule has 7 heteroatoms. The Balaban J connectivity index is 1.97. The van der Waals surface area contributed by atoms with E-state index in [9.17, 15) is 8.78 Å². The highest BCUT2D eigenvalue weighted by atomic mass is 35.5. The second kappa shape index (κ2) is 6.97. The average molecular weight is 350 g/mol. The molecule has 24 heavy (non-hydrogen) atoms. The quantitative estimate of drug-likeness (QED) is 0.676. The number of nitrogens with zero attached hydrogens (tertiary/aromatic N) is 3. The summed E-state index contributed by atoms with van der Waals surface area (Å²) in [6.07, 6.45) is 2.56. The van der Waals surface area contributed by atoms with Crippen LogP contribution in [0.3, 0.4) is 0 Å². The van der Waals surface area contributed by atoms with E-state index in [4.69, 9.17) is 16.3 Å². The first-order valence-electron chi connectivity index (χ1n) is 7.17. The Bertz CT molecular complexity index is 838. The molecular weight excluding hydrogens is 336 g/mol. The molecule has 0 saturated carbocycles. The molecule has 0 fully saturated rings. The average Bonchev–Trinajstić information content (AvgIpc) is 3.08. The summed E-state index contributed by atoms with van der Waals surface area (Å²) in [4.78, 5) is 4.38. The topological polar surface area (TPSA) is 39.9 Å². The smallest absolute Gasteiger partial charge is 0.265 e. The van der Waals surface area contributed by atoms with E-state index < -0.39 is 6.43 Å². The van der Waals surface area contributed by atoms with Crippen LogP contribution in [0.4, 0.5) is 8.78 Å². The van der Waals surface area contributed by atoms with Crippen LogP contribution in [0, 0.1) is 0 Å². The highest BCUT2D eigenvalue weighted by molar-refractivity contribution is 6.31. The number of ether oxygens (including phenoxy) is 1. The lowest BCUT2D eigenvalue weighted by Crippen LogP contribution is -2.02. The van der Waals surface area contributed by atoms with E-state index in [1.54, 1.807) is 23.1 Å². The Morgan fingerprint density at radius 2 is 2.12 bits per heavy atom. The summed E-state index contributed by atoms with van der Waals surface area (Å²) in [5.41, 5.74) is 1.68. The molecule has 0 amide bonds. The first-order chi connectivity index (χ1) is 11.6. The van der Waals surface area contributed by atoms with E-state index in [1.807, 2.05) is 18.3 Å². The predicted octanol–water partition coefficient (Wildman–Crippen LogP) is 4.59. The summed E-state index contributed by atoms with van der Waals surface area (Å²) in [5.74, 6) is 0.502. The molecular formula is C17H14ClF2N3O. The van der Waals surface area contributed by atoms with E-state index in [-0.39, 0.29) is 10.6 Å². The standard InChI is InChI=1S/C17H14ClF2N3O/c1-24-15-7-11(10-23-6-2-5-22-23)9-21-16(15)12-3-4-14(18)13(8-12)17(19)20/h2-9,17H,10H2,1H3. The van der Waals surface area contributed by atoms with Crippen molar-refractivity contribution >= 4 is 11.6 Å². The van der Waals surface area contributed by atoms with Crippen molar-refractivity contribution in [3.05, 3.63) is 65.1 Å². The maximum Gasteiger partial charge on any atom is 0.265 e. The Kier molecular flexibility index (Phi) is 4.76. The van der Waals surface area contributed by atoms with Crippen LogP contribution in [0.5, 0.6) is 5.75 Å². The molecule has 0 radical (unpaired) electrons. The maximum absolute atomic E-state index is 13.0. The SMILES string of the molecule is COc1cc(Cn2cccn2)cnc1-c1ccc(Cl)c(C(F)F)c1. The van der Waals surface area contributed by atoms with Crippen molar-refractivity contribution in [1.29, 1.82) is 0 Å². The van der Waals surface area contributed by atoms with Crippen molar-refractivity contribution in [2.24, 2.45) is 0 Å². The molecule has 0 spiro atoms. The van der Waals surface area contributed by atoms with Crippen LogP contribution in [0.15, 0.2) is 48.9 Å². The van der Waals surface area contributed by atoms with Crippen molar-refractivity contribution in [3.8, 4) is 17.0 Å². The number of aromatic nitrogens is 3. The minimum atomic E-state index is -2.65. The van der Waals surface area contributed by atoms with Gasteiger partial charge in [0.15, 0.2) is 0 Å². The molecule has 2 heterocycles. The van der Waals surface area contributed by atoms with Gasteiger partial charge >= 0.3 is 0 Å². The Hall–Kier alpha value is -2.47. The zero-order chi connectivity index (χ0) is 17.1. The third-order valence-corrected chi connectivity index (χ3v) is 3.88. The lowest BCUT2D eigenvalue weighted by Gasteiger charge is -2.12. The van der Waals surface area contributed by atoms with Gasteiger partial charge in [0.25, 0.3) is 6.43 Å². The van der Waals surface area contributed by atoms with E-state index >= 15 is 0 Å². The van der Waals surface area contributed by atoms with Gasteiger partial charge in [0, 0.05) is 34.7 Å². The van der Waals surface area contributed by atoms with Crippen LogP contribution in [-0.2, 0) is 6.54 Å².